The van der Waals surface area contributed by atoms with Gasteiger partial charge in [-0.25, -0.2) is 4.57 Å². The minimum Gasteiger partial charge on any atom is -0.457 e. The Kier molecular flexibility index (Phi) is 49.2. The average Bonchev–Trinajstić information content (AvgIpc) is 3.25. The number of esters is 1. The molecule has 0 saturated heterocycles. The van der Waals surface area contributed by atoms with E-state index >= 15 is 0 Å². The van der Waals surface area contributed by atoms with Crippen LogP contribution in [0, 0.1) is 0 Å². The first kappa shape index (κ1) is 60.0. The van der Waals surface area contributed by atoms with Crippen LogP contribution in [0.2, 0.25) is 0 Å². The number of nitrogens with two attached hydrogens (primary N) is 1. The van der Waals surface area contributed by atoms with Gasteiger partial charge in [-0.3, -0.25) is 13.8 Å². The normalized spacial score (nSPS) is 13.4. The Labute approximate surface area is 378 Å². The zero-order valence-electron chi connectivity index (χ0n) is 40.4. The Morgan fingerprint density at radius 2 is 0.869 bits per heavy atom. The minimum absolute atomic E-state index is 0.0931. The lowest BCUT2D eigenvalue weighted by atomic mass is 10.0. The summed E-state index contributed by atoms with van der Waals surface area (Å²) >= 11 is 0. The Balaban J connectivity index is 3.90. The number of hydrogen-bond acceptors (Lipinski definition) is 7. The van der Waals surface area contributed by atoms with Crippen molar-refractivity contribution in [2.75, 3.05) is 33.0 Å². The largest absolute Gasteiger partial charge is 0.472 e. The highest BCUT2D eigenvalue weighted by atomic mass is 31.2. The summed E-state index contributed by atoms with van der Waals surface area (Å²) in [6.07, 6.45) is 57.8. The molecule has 0 heterocycles. The highest BCUT2D eigenvalue weighted by molar-refractivity contribution is 7.47. The first-order valence-electron chi connectivity index (χ1n) is 26.3. The Morgan fingerprint density at radius 3 is 1.28 bits per heavy atom. The average molecular weight is 884 g/mol. The maximum Gasteiger partial charge on any atom is 0.472 e. The summed E-state index contributed by atoms with van der Waals surface area (Å²) in [6, 6.07) is 0. The highest BCUT2D eigenvalue weighted by Crippen LogP contribution is 2.43. The van der Waals surface area contributed by atoms with Gasteiger partial charge in [0.1, 0.15) is 6.10 Å². The van der Waals surface area contributed by atoms with E-state index in [9.17, 15) is 14.3 Å². The molecule has 0 spiro atoms. The number of rotatable bonds is 51. The van der Waals surface area contributed by atoms with Crippen LogP contribution in [-0.2, 0) is 27.9 Å². The van der Waals surface area contributed by atoms with Crippen LogP contribution in [-0.4, -0.2) is 49.9 Å². The SMILES string of the molecule is CCCCCCC/C=C\C/C=C\CCCCCCCCCCCCCC(=O)OC(COCCCCCCCCCCCCCCCCCCCCC)COP(=O)(O)OCCN. The number of phosphoric ester groups is 1. The van der Waals surface area contributed by atoms with Gasteiger partial charge >= 0.3 is 13.8 Å². The predicted octanol–water partition coefficient (Wildman–Crippen LogP) is 16.4. The predicted molar refractivity (Wildman–Crippen MR) is 261 cm³/mol. The maximum atomic E-state index is 12.7. The van der Waals surface area contributed by atoms with Crippen LogP contribution in [0.1, 0.15) is 264 Å². The monoisotopic (exact) mass is 884 g/mol. The molecule has 8 nitrogen and oxygen atoms in total. The lowest BCUT2D eigenvalue weighted by Crippen LogP contribution is -2.28. The molecule has 0 aromatic rings. The molecular formula is C52H102NO7P. The number of carbonyl (C=O) groups is 1. The summed E-state index contributed by atoms with van der Waals surface area (Å²) in [6.45, 7) is 4.97. The molecule has 61 heavy (non-hydrogen) atoms. The number of hydrogen-bond donors (Lipinski definition) is 2. The number of allylic oxidation sites excluding steroid dienone is 4. The maximum absolute atomic E-state index is 12.7. The molecule has 0 aromatic carbocycles. The second-order valence-electron chi connectivity index (χ2n) is 17.7. The van der Waals surface area contributed by atoms with Gasteiger partial charge in [0, 0.05) is 19.6 Å². The van der Waals surface area contributed by atoms with Crippen molar-refractivity contribution in [3.63, 3.8) is 0 Å². The fraction of sp³-hybridized carbons (Fsp3) is 0.904. The van der Waals surface area contributed by atoms with E-state index in [0.717, 1.165) is 38.5 Å². The smallest absolute Gasteiger partial charge is 0.457 e. The van der Waals surface area contributed by atoms with E-state index in [1.807, 2.05) is 0 Å². The lowest BCUT2D eigenvalue weighted by Gasteiger charge is -2.20. The first-order chi connectivity index (χ1) is 29.9. The van der Waals surface area contributed by atoms with Crippen LogP contribution in [0.5, 0.6) is 0 Å². The molecule has 0 aliphatic heterocycles. The number of ether oxygens (including phenoxy) is 2. The molecule has 0 radical (unpaired) electrons. The summed E-state index contributed by atoms with van der Waals surface area (Å²) < 4.78 is 33.6. The molecule has 0 amide bonds. The van der Waals surface area contributed by atoms with E-state index in [4.69, 9.17) is 24.3 Å². The van der Waals surface area contributed by atoms with E-state index in [-0.39, 0.29) is 32.3 Å². The van der Waals surface area contributed by atoms with Crippen molar-refractivity contribution in [1.82, 2.24) is 0 Å². The van der Waals surface area contributed by atoms with Gasteiger partial charge in [0.15, 0.2) is 0 Å². The van der Waals surface area contributed by atoms with E-state index < -0.39 is 13.9 Å². The van der Waals surface area contributed by atoms with Crippen molar-refractivity contribution in [3.8, 4) is 0 Å². The first-order valence-corrected chi connectivity index (χ1v) is 27.8. The van der Waals surface area contributed by atoms with Gasteiger partial charge in [-0.15, -0.1) is 0 Å². The zero-order valence-corrected chi connectivity index (χ0v) is 41.3. The molecule has 0 aliphatic carbocycles. The van der Waals surface area contributed by atoms with Gasteiger partial charge in [-0.1, -0.05) is 237 Å². The molecule has 0 rings (SSSR count). The molecule has 3 N–H and O–H groups in total. The molecule has 0 bridgehead atoms. The molecule has 2 atom stereocenters. The van der Waals surface area contributed by atoms with Crippen LogP contribution in [0.15, 0.2) is 24.3 Å². The molecule has 2 unspecified atom stereocenters. The molecule has 0 aliphatic rings. The Morgan fingerprint density at radius 1 is 0.492 bits per heavy atom. The second-order valence-corrected chi connectivity index (χ2v) is 19.2. The molecule has 0 fully saturated rings. The van der Waals surface area contributed by atoms with E-state index in [1.54, 1.807) is 0 Å². The highest BCUT2D eigenvalue weighted by Gasteiger charge is 2.25. The third-order valence-corrected chi connectivity index (χ3v) is 12.6. The van der Waals surface area contributed by atoms with Crippen LogP contribution >= 0.6 is 7.82 Å². The van der Waals surface area contributed by atoms with Crippen LogP contribution in [0.3, 0.4) is 0 Å². The van der Waals surface area contributed by atoms with Gasteiger partial charge in [-0.2, -0.15) is 0 Å². The van der Waals surface area contributed by atoms with Crippen molar-refractivity contribution < 1.29 is 32.8 Å². The second kappa shape index (κ2) is 50.0. The summed E-state index contributed by atoms with van der Waals surface area (Å²) in [7, 11) is -4.28. The quantitative estimate of drug-likeness (QED) is 0.0268. The fourth-order valence-electron chi connectivity index (χ4n) is 7.74. The summed E-state index contributed by atoms with van der Waals surface area (Å²) in [4.78, 5) is 22.6. The molecule has 9 heteroatoms. The molecule has 362 valence electrons. The third-order valence-electron chi connectivity index (χ3n) is 11.6. The zero-order chi connectivity index (χ0) is 44.4. The van der Waals surface area contributed by atoms with Gasteiger partial charge < -0.3 is 20.1 Å². The molecule has 0 saturated carbocycles. The van der Waals surface area contributed by atoms with Crippen molar-refractivity contribution in [2.24, 2.45) is 5.73 Å². The summed E-state index contributed by atoms with van der Waals surface area (Å²) in [5, 5.41) is 0. The topological polar surface area (TPSA) is 117 Å². The summed E-state index contributed by atoms with van der Waals surface area (Å²) in [5.41, 5.74) is 5.39. The van der Waals surface area contributed by atoms with Crippen molar-refractivity contribution >= 4 is 13.8 Å². The Hall–Kier alpha value is -1.02. The molecular weight excluding hydrogens is 782 g/mol. The van der Waals surface area contributed by atoms with Gasteiger partial charge in [0.05, 0.1) is 19.8 Å². The standard InChI is InChI=1S/C52H102NO7P/c1-3-5-7-9-11-13-15-17-19-21-23-24-25-26-27-29-31-33-35-37-39-41-43-45-52(54)60-51(50-59-61(55,56)58-48-46-53)49-57-47-44-42-40-38-36-34-32-30-28-22-20-18-16-14-12-10-8-6-4-2/h15,17,21,23,51H,3-14,16,18-20,22,24-50,53H2,1-2H3,(H,55,56)/b17-15-,23-21-. The van der Waals surface area contributed by atoms with E-state index in [2.05, 4.69) is 38.2 Å². The van der Waals surface area contributed by atoms with E-state index in [1.165, 1.54) is 205 Å². The minimum atomic E-state index is -4.28. The van der Waals surface area contributed by atoms with Gasteiger partial charge in [0.25, 0.3) is 0 Å². The van der Waals surface area contributed by atoms with Crippen LogP contribution in [0.4, 0.5) is 0 Å². The molecule has 0 aromatic heterocycles. The van der Waals surface area contributed by atoms with Crippen LogP contribution < -0.4 is 5.73 Å². The van der Waals surface area contributed by atoms with Crippen molar-refractivity contribution in [1.29, 1.82) is 0 Å². The van der Waals surface area contributed by atoms with Crippen LogP contribution in [0.25, 0.3) is 0 Å². The third kappa shape index (κ3) is 49.8. The number of unbranched alkanes of at least 4 members (excludes halogenated alkanes) is 34. The number of phosphoric acid groups is 1. The van der Waals surface area contributed by atoms with E-state index in [0.29, 0.717) is 13.0 Å². The lowest BCUT2D eigenvalue weighted by molar-refractivity contribution is -0.154. The van der Waals surface area contributed by atoms with Gasteiger partial charge in [-0.05, 0) is 44.9 Å². The van der Waals surface area contributed by atoms with Crippen molar-refractivity contribution in [2.45, 2.75) is 270 Å². The summed E-state index contributed by atoms with van der Waals surface area (Å²) in [5.74, 6) is -0.327. The number of carbonyl (C=O) groups excluding carboxylic acids is 1. The van der Waals surface area contributed by atoms with Crippen molar-refractivity contribution in [3.05, 3.63) is 24.3 Å². The fourth-order valence-corrected chi connectivity index (χ4v) is 8.50. The van der Waals surface area contributed by atoms with Gasteiger partial charge in [0.2, 0.25) is 0 Å². The Bertz CT molecular complexity index is 993.